The van der Waals surface area contributed by atoms with Crippen molar-refractivity contribution < 1.29 is 8.42 Å². The fourth-order valence-electron chi connectivity index (χ4n) is 0.468. The summed E-state index contributed by atoms with van der Waals surface area (Å²) in [5.74, 6) is 0. The third-order valence-corrected chi connectivity index (χ3v) is 1.42. The molecule has 0 saturated heterocycles. The first-order valence-corrected chi connectivity index (χ1v) is 4.02. The SMILES string of the molecule is NCCCCC=S(=O)=O. The van der Waals surface area contributed by atoms with E-state index in [2.05, 4.69) is 0 Å². The lowest BCUT2D eigenvalue weighted by Gasteiger charge is -1.87. The largest absolute Gasteiger partial charge is 0.330 e. The third-order valence-electron chi connectivity index (χ3n) is 0.912. The Balaban J connectivity index is 3.20. The monoisotopic (exact) mass is 149 g/mol. The molecule has 9 heavy (non-hydrogen) atoms. The van der Waals surface area contributed by atoms with E-state index in [1.165, 1.54) is 5.37 Å². The molecule has 0 aliphatic rings. The van der Waals surface area contributed by atoms with Crippen molar-refractivity contribution in [3.05, 3.63) is 0 Å². The molecule has 0 heterocycles. The van der Waals surface area contributed by atoms with Crippen LogP contribution in [-0.2, 0) is 10.3 Å². The predicted octanol–water partition coefficient (Wildman–Crippen LogP) is -0.203. The first-order valence-electron chi connectivity index (χ1n) is 2.89. The Hall–Kier alpha value is -0.350. The van der Waals surface area contributed by atoms with Gasteiger partial charge in [-0.3, -0.25) is 0 Å². The van der Waals surface area contributed by atoms with E-state index in [4.69, 9.17) is 5.73 Å². The molecule has 0 aromatic carbocycles. The van der Waals surface area contributed by atoms with Crippen LogP contribution in [-0.4, -0.2) is 20.3 Å². The Morgan fingerprint density at radius 2 is 2.00 bits per heavy atom. The van der Waals surface area contributed by atoms with Crippen molar-refractivity contribution in [1.82, 2.24) is 0 Å². The second-order valence-electron chi connectivity index (χ2n) is 1.71. The Morgan fingerprint density at radius 3 is 2.44 bits per heavy atom. The van der Waals surface area contributed by atoms with Crippen LogP contribution in [0, 0.1) is 0 Å². The summed E-state index contributed by atoms with van der Waals surface area (Å²) in [6, 6.07) is 0. The molecule has 0 saturated carbocycles. The van der Waals surface area contributed by atoms with Gasteiger partial charge in [-0.25, -0.2) is 0 Å². The van der Waals surface area contributed by atoms with Gasteiger partial charge in [0.15, 0.2) is 0 Å². The molecule has 0 unspecified atom stereocenters. The molecule has 0 spiro atoms. The summed E-state index contributed by atoms with van der Waals surface area (Å²) >= 11 is 0. The van der Waals surface area contributed by atoms with E-state index in [0.717, 1.165) is 12.8 Å². The number of unbranched alkanes of at least 4 members (excludes halogenated alkanes) is 2. The molecule has 3 nitrogen and oxygen atoms in total. The van der Waals surface area contributed by atoms with Crippen LogP contribution in [0.3, 0.4) is 0 Å². The Labute approximate surface area is 56.4 Å². The standard InChI is InChI=1S/C5H11NO2S/c6-4-2-1-3-5-9(7)8/h5H,1-4,6H2. The summed E-state index contributed by atoms with van der Waals surface area (Å²) in [7, 11) is -1.98. The molecule has 0 atom stereocenters. The zero-order valence-corrected chi connectivity index (χ0v) is 6.02. The smallest absolute Gasteiger partial charge is 0.209 e. The van der Waals surface area contributed by atoms with Gasteiger partial charge in [-0.1, -0.05) is 0 Å². The van der Waals surface area contributed by atoms with E-state index in [9.17, 15) is 8.42 Å². The van der Waals surface area contributed by atoms with Gasteiger partial charge in [-0.05, 0) is 25.8 Å². The molecular weight excluding hydrogens is 138 g/mol. The number of nitrogens with two attached hydrogens (primary N) is 1. The average Bonchev–Trinajstić information content (AvgIpc) is 1.80. The third kappa shape index (κ3) is 7.65. The highest BCUT2D eigenvalue weighted by molar-refractivity contribution is 7.71. The summed E-state index contributed by atoms with van der Waals surface area (Å²) in [5, 5.41) is 1.26. The van der Waals surface area contributed by atoms with Crippen LogP contribution >= 0.6 is 0 Å². The summed E-state index contributed by atoms with van der Waals surface area (Å²) in [6.45, 7) is 0.638. The van der Waals surface area contributed by atoms with Gasteiger partial charge in [0.05, 0.1) is 0 Å². The molecule has 0 amide bonds. The maximum absolute atomic E-state index is 9.88. The van der Waals surface area contributed by atoms with Gasteiger partial charge in [0.2, 0.25) is 10.3 Å². The molecule has 0 radical (unpaired) electrons. The second kappa shape index (κ2) is 5.78. The van der Waals surface area contributed by atoms with Gasteiger partial charge in [0.1, 0.15) is 0 Å². The Bertz CT molecular complexity index is 163. The first kappa shape index (κ1) is 8.65. The Morgan fingerprint density at radius 1 is 1.33 bits per heavy atom. The molecule has 2 N–H and O–H groups in total. The zero-order chi connectivity index (χ0) is 7.11. The lowest BCUT2D eigenvalue weighted by molar-refractivity contribution is 0.627. The first-order chi connectivity index (χ1) is 4.27. The molecular formula is C5H11NO2S. The molecule has 0 aliphatic heterocycles. The summed E-state index contributed by atoms with van der Waals surface area (Å²) in [4.78, 5) is 0. The van der Waals surface area contributed by atoms with Gasteiger partial charge < -0.3 is 5.73 Å². The van der Waals surface area contributed by atoms with Crippen LogP contribution in [0.4, 0.5) is 0 Å². The average molecular weight is 149 g/mol. The molecule has 4 heteroatoms. The Kier molecular flexibility index (Phi) is 5.56. The molecule has 0 bridgehead atoms. The van der Waals surface area contributed by atoms with Crippen LogP contribution in [0.25, 0.3) is 0 Å². The maximum Gasteiger partial charge on any atom is 0.209 e. The highest BCUT2D eigenvalue weighted by Crippen LogP contribution is 1.87. The number of hydrogen-bond donors (Lipinski definition) is 1. The van der Waals surface area contributed by atoms with Gasteiger partial charge in [-0.15, -0.1) is 0 Å². The minimum atomic E-state index is -1.98. The van der Waals surface area contributed by atoms with Gasteiger partial charge in [0, 0.05) is 5.37 Å². The summed E-state index contributed by atoms with van der Waals surface area (Å²) in [6.07, 6.45) is 2.38. The molecule has 0 fully saturated rings. The number of hydrogen-bond acceptors (Lipinski definition) is 3. The van der Waals surface area contributed by atoms with Crippen LogP contribution < -0.4 is 5.73 Å². The summed E-state index contributed by atoms with van der Waals surface area (Å²) in [5.41, 5.74) is 5.18. The van der Waals surface area contributed by atoms with E-state index in [0.29, 0.717) is 13.0 Å². The van der Waals surface area contributed by atoms with Gasteiger partial charge >= 0.3 is 0 Å². The number of rotatable bonds is 4. The highest BCUT2D eigenvalue weighted by atomic mass is 32.2. The maximum atomic E-state index is 9.88. The molecule has 0 aromatic rings. The fourth-order valence-corrected chi connectivity index (χ4v) is 0.827. The van der Waals surface area contributed by atoms with E-state index in [-0.39, 0.29) is 0 Å². The summed E-state index contributed by atoms with van der Waals surface area (Å²) < 4.78 is 19.8. The normalized spacial score (nSPS) is 9.00. The van der Waals surface area contributed by atoms with Gasteiger partial charge in [0.25, 0.3) is 0 Å². The minimum absolute atomic E-state index is 0.618. The molecule has 0 aliphatic carbocycles. The highest BCUT2D eigenvalue weighted by Gasteiger charge is 1.81. The minimum Gasteiger partial charge on any atom is -0.330 e. The van der Waals surface area contributed by atoms with E-state index in [1.54, 1.807) is 0 Å². The van der Waals surface area contributed by atoms with Crippen LogP contribution in [0.1, 0.15) is 19.3 Å². The topological polar surface area (TPSA) is 60.2 Å². The van der Waals surface area contributed by atoms with E-state index >= 15 is 0 Å². The molecule has 54 valence electrons. The van der Waals surface area contributed by atoms with Gasteiger partial charge in [-0.2, -0.15) is 8.42 Å². The second-order valence-corrected chi connectivity index (χ2v) is 2.57. The fraction of sp³-hybridized carbons (Fsp3) is 0.800. The van der Waals surface area contributed by atoms with Crippen molar-refractivity contribution in [3.8, 4) is 0 Å². The van der Waals surface area contributed by atoms with Crippen molar-refractivity contribution in [1.29, 1.82) is 0 Å². The lowest BCUT2D eigenvalue weighted by atomic mass is 10.3. The quantitative estimate of drug-likeness (QED) is 0.444. The van der Waals surface area contributed by atoms with Crippen LogP contribution in [0.15, 0.2) is 0 Å². The van der Waals surface area contributed by atoms with Crippen molar-refractivity contribution >= 4 is 15.7 Å². The van der Waals surface area contributed by atoms with Crippen molar-refractivity contribution in [2.24, 2.45) is 5.73 Å². The predicted molar refractivity (Wildman–Crippen MR) is 37.9 cm³/mol. The lowest BCUT2D eigenvalue weighted by Crippen LogP contribution is -1.97. The van der Waals surface area contributed by atoms with Crippen LogP contribution in [0.2, 0.25) is 0 Å². The zero-order valence-electron chi connectivity index (χ0n) is 5.21. The molecule has 0 aromatic heterocycles. The van der Waals surface area contributed by atoms with Crippen molar-refractivity contribution in [2.45, 2.75) is 19.3 Å². The van der Waals surface area contributed by atoms with Crippen molar-refractivity contribution in [2.75, 3.05) is 6.54 Å². The van der Waals surface area contributed by atoms with Crippen LogP contribution in [0.5, 0.6) is 0 Å². The van der Waals surface area contributed by atoms with E-state index in [1.807, 2.05) is 0 Å². The van der Waals surface area contributed by atoms with E-state index < -0.39 is 10.3 Å². The molecule has 0 rings (SSSR count). The van der Waals surface area contributed by atoms with Crippen molar-refractivity contribution in [3.63, 3.8) is 0 Å².